The van der Waals surface area contributed by atoms with E-state index in [1.54, 1.807) is 31.2 Å². The minimum absolute atomic E-state index is 0.273. The van der Waals surface area contributed by atoms with Crippen LogP contribution in [0.3, 0.4) is 0 Å². The normalized spacial score (nSPS) is 21.4. The summed E-state index contributed by atoms with van der Waals surface area (Å²) in [6, 6.07) is 5.22. The zero-order valence-electron chi connectivity index (χ0n) is 13.0. The summed E-state index contributed by atoms with van der Waals surface area (Å²) >= 11 is 5.92. The van der Waals surface area contributed by atoms with Crippen molar-refractivity contribution in [2.24, 2.45) is 0 Å². The van der Waals surface area contributed by atoms with E-state index >= 15 is 0 Å². The molecule has 1 aliphatic heterocycles. The Balaban J connectivity index is 1.84. The van der Waals surface area contributed by atoms with Crippen LogP contribution in [0.1, 0.15) is 49.4 Å². The maximum absolute atomic E-state index is 12.8. The lowest BCUT2D eigenvalue weighted by molar-refractivity contribution is -0.133. The molecular weight excluding hydrogens is 316 g/mol. The number of hydrogen-bond acceptors (Lipinski definition) is 3. The topological polar surface area (TPSA) is 66.5 Å². The molecule has 6 heteroatoms. The fourth-order valence-corrected chi connectivity index (χ4v) is 3.68. The van der Waals surface area contributed by atoms with Crippen LogP contribution in [0.25, 0.3) is 0 Å². The van der Waals surface area contributed by atoms with Gasteiger partial charge in [-0.2, -0.15) is 0 Å². The van der Waals surface area contributed by atoms with E-state index in [9.17, 15) is 14.4 Å². The highest BCUT2D eigenvalue weighted by atomic mass is 35.5. The van der Waals surface area contributed by atoms with Gasteiger partial charge in [-0.15, -0.1) is 0 Å². The van der Waals surface area contributed by atoms with E-state index in [2.05, 4.69) is 5.32 Å². The number of imide groups is 1. The van der Waals surface area contributed by atoms with Crippen molar-refractivity contribution in [1.82, 2.24) is 10.2 Å². The van der Waals surface area contributed by atoms with Gasteiger partial charge in [-0.1, -0.05) is 43.0 Å². The molecule has 2 fully saturated rings. The number of carbonyl (C=O) groups is 3. The van der Waals surface area contributed by atoms with E-state index in [0.29, 0.717) is 23.4 Å². The number of amides is 3. The van der Waals surface area contributed by atoms with Crippen molar-refractivity contribution in [2.45, 2.75) is 50.6 Å². The van der Waals surface area contributed by atoms with Gasteiger partial charge in [0.05, 0.1) is 0 Å². The van der Waals surface area contributed by atoms with Gasteiger partial charge in [-0.25, -0.2) is 4.79 Å². The summed E-state index contributed by atoms with van der Waals surface area (Å²) in [7, 11) is 0. The van der Waals surface area contributed by atoms with Crippen molar-refractivity contribution in [3.05, 3.63) is 34.9 Å². The van der Waals surface area contributed by atoms with Gasteiger partial charge in [0.2, 0.25) is 0 Å². The molecule has 1 aliphatic carbocycles. The average molecular weight is 335 g/mol. The second kappa shape index (κ2) is 5.96. The van der Waals surface area contributed by atoms with Gasteiger partial charge in [-0.3, -0.25) is 14.5 Å². The number of Topliss-reactive ketones (excluding diaryl/α,β-unsaturated/α-hetero) is 1. The summed E-state index contributed by atoms with van der Waals surface area (Å²) < 4.78 is 0. The first-order valence-electron chi connectivity index (χ1n) is 7.90. The maximum Gasteiger partial charge on any atom is 0.325 e. The predicted octanol–water partition coefficient (Wildman–Crippen LogP) is 3.17. The number of nitrogens with one attached hydrogen (secondary N) is 1. The molecule has 0 unspecified atom stereocenters. The lowest BCUT2D eigenvalue weighted by Crippen LogP contribution is -2.49. The molecule has 1 atom stereocenters. The molecule has 23 heavy (non-hydrogen) atoms. The Morgan fingerprint density at radius 2 is 1.96 bits per heavy atom. The van der Waals surface area contributed by atoms with Gasteiger partial charge in [0.15, 0.2) is 5.78 Å². The number of ketones is 1. The maximum atomic E-state index is 12.8. The van der Waals surface area contributed by atoms with Crippen molar-refractivity contribution in [2.75, 3.05) is 0 Å². The van der Waals surface area contributed by atoms with Crippen LogP contribution in [0.15, 0.2) is 24.3 Å². The molecule has 3 amide bonds. The molecule has 0 radical (unpaired) electrons. The molecule has 1 aromatic carbocycles. The van der Waals surface area contributed by atoms with Crippen molar-refractivity contribution < 1.29 is 14.4 Å². The van der Waals surface area contributed by atoms with Crippen molar-refractivity contribution >= 4 is 29.3 Å². The zero-order valence-corrected chi connectivity index (χ0v) is 13.7. The van der Waals surface area contributed by atoms with E-state index < -0.39 is 17.6 Å². The highest BCUT2D eigenvalue weighted by Crippen LogP contribution is 2.34. The quantitative estimate of drug-likeness (QED) is 0.682. The van der Waals surface area contributed by atoms with Gasteiger partial charge in [0, 0.05) is 10.6 Å². The highest BCUT2D eigenvalue weighted by Gasteiger charge is 2.53. The molecule has 1 aromatic rings. The summed E-state index contributed by atoms with van der Waals surface area (Å²) in [5.74, 6) is -0.561. The second-order valence-corrected chi connectivity index (χ2v) is 6.74. The third-order valence-corrected chi connectivity index (χ3v) is 5.01. The van der Waals surface area contributed by atoms with Gasteiger partial charge in [0.25, 0.3) is 5.91 Å². The Kier molecular flexibility index (Phi) is 4.15. The minimum Gasteiger partial charge on any atom is -0.323 e. The summed E-state index contributed by atoms with van der Waals surface area (Å²) in [6.07, 6.45) is 4.19. The van der Waals surface area contributed by atoms with Crippen LogP contribution in [0, 0.1) is 0 Å². The number of hydrogen-bond donors (Lipinski definition) is 1. The smallest absolute Gasteiger partial charge is 0.323 e. The molecule has 5 nitrogen and oxygen atoms in total. The van der Waals surface area contributed by atoms with Crippen molar-refractivity contribution in [3.8, 4) is 0 Å². The van der Waals surface area contributed by atoms with Gasteiger partial charge in [-0.05, 0) is 31.9 Å². The second-order valence-electron chi connectivity index (χ2n) is 6.30. The number of carbonyl (C=O) groups excluding carboxylic acids is 3. The van der Waals surface area contributed by atoms with Crippen LogP contribution >= 0.6 is 11.6 Å². The average Bonchev–Trinajstić information content (AvgIpc) is 2.77. The number of rotatable bonds is 3. The first-order chi connectivity index (χ1) is 10.9. The first-order valence-corrected chi connectivity index (χ1v) is 8.28. The summed E-state index contributed by atoms with van der Waals surface area (Å²) in [5, 5.41) is 3.28. The van der Waals surface area contributed by atoms with E-state index in [0.717, 1.165) is 24.2 Å². The fourth-order valence-electron chi connectivity index (χ4n) is 3.49. The summed E-state index contributed by atoms with van der Waals surface area (Å²) in [6.45, 7) is 1.59. The summed E-state index contributed by atoms with van der Waals surface area (Å²) in [4.78, 5) is 38.8. The Bertz CT molecular complexity index is 668. The standard InChI is InChI=1S/C17H19ClN2O3/c1-11(14(21)12-6-5-7-13(18)10-12)20-15(22)17(19-16(20)23)8-3-2-4-9-17/h5-7,10-11H,2-4,8-9H2,1H3,(H,19,23)/t11-/m0/s1. The largest absolute Gasteiger partial charge is 0.325 e. The van der Waals surface area contributed by atoms with Gasteiger partial charge < -0.3 is 5.32 Å². The molecule has 1 saturated carbocycles. The highest BCUT2D eigenvalue weighted by molar-refractivity contribution is 6.31. The SMILES string of the molecule is C[C@@H](C(=O)c1cccc(Cl)c1)N1C(=O)NC2(CCCCC2)C1=O. The van der Waals surface area contributed by atoms with E-state index in [1.165, 1.54) is 0 Å². The van der Waals surface area contributed by atoms with Gasteiger partial charge in [0.1, 0.15) is 11.6 Å². The summed E-state index contributed by atoms with van der Waals surface area (Å²) in [5.41, 5.74) is -0.409. The fraction of sp³-hybridized carbons (Fsp3) is 0.471. The van der Waals surface area contributed by atoms with Crippen molar-refractivity contribution in [1.29, 1.82) is 0 Å². The molecule has 2 aliphatic rings. The van der Waals surface area contributed by atoms with Crippen LogP contribution in [0.5, 0.6) is 0 Å². The third kappa shape index (κ3) is 2.74. The molecular formula is C17H19ClN2O3. The Morgan fingerprint density at radius 1 is 1.26 bits per heavy atom. The zero-order chi connectivity index (χ0) is 16.6. The molecule has 3 rings (SSSR count). The van der Waals surface area contributed by atoms with Crippen LogP contribution < -0.4 is 5.32 Å². The third-order valence-electron chi connectivity index (χ3n) is 4.78. The van der Waals surface area contributed by atoms with Crippen LogP contribution in [-0.2, 0) is 4.79 Å². The molecule has 1 saturated heterocycles. The number of urea groups is 1. The number of nitrogens with zero attached hydrogens (tertiary/aromatic N) is 1. The molecule has 1 N–H and O–H groups in total. The molecule has 122 valence electrons. The monoisotopic (exact) mass is 334 g/mol. The number of benzene rings is 1. The van der Waals surface area contributed by atoms with E-state index in [4.69, 9.17) is 11.6 Å². The molecule has 1 spiro atoms. The molecule has 0 bridgehead atoms. The van der Waals surface area contributed by atoms with Crippen LogP contribution in [0.2, 0.25) is 5.02 Å². The van der Waals surface area contributed by atoms with Crippen LogP contribution in [0.4, 0.5) is 4.79 Å². The van der Waals surface area contributed by atoms with Crippen molar-refractivity contribution in [3.63, 3.8) is 0 Å². The Hall–Kier alpha value is -1.88. The minimum atomic E-state index is -0.845. The number of halogens is 1. The van der Waals surface area contributed by atoms with E-state index in [-0.39, 0.29) is 11.7 Å². The lowest BCUT2D eigenvalue weighted by atomic mass is 9.81. The van der Waals surface area contributed by atoms with Gasteiger partial charge >= 0.3 is 6.03 Å². The molecule has 1 heterocycles. The lowest BCUT2D eigenvalue weighted by Gasteiger charge is -2.31. The van der Waals surface area contributed by atoms with E-state index in [1.807, 2.05) is 0 Å². The Labute approximate surface area is 140 Å². The van der Waals surface area contributed by atoms with Crippen LogP contribution in [-0.4, -0.2) is 34.2 Å². The predicted molar refractivity (Wildman–Crippen MR) is 86.4 cm³/mol. The Morgan fingerprint density at radius 3 is 2.61 bits per heavy atom. The molecule has 0 aromatic heterocycles. The first kappa shape index (κ1) is 16.0.